The average molecular weight is 433 g/mol. The Morgan fingerprint density at radius 3 is 2.68 bits per heavy atom. The third-order valence-corrected chi connectivity index (χ3v) is 6.29. The molecule has 174 valence electrons. The molecule has 0 spiro atoms. The molecule has 6 nitrogen and oxygen atoms in total. The van der Waals surface area contributed by atoms with Crippen LogP contribution in [0.4, 0.5) is 4.79 Å². The zero-order chi connectivity index (χ0) is 22.6. The molecular weight excluding hydrogens is 392 g/mol. The van der Waals surface area contributed by atoms with Gasteiger partial charge in [-0.3, -0.25) is 0 Å². The van der Waals surface area contributed by atoms with Gasteiger partial charge >= 0.3 is 6.09 Å². The second-order valence-electron chi connectivity index (χ2n) is 9.87. The number of ether oxygens (including phenoxy) is 3. The summed E-state index contributed by atoms with van der Waals surface area (Å²) in [4.78, 5) is 14.0. The van der Waals surface area contributed by atoms with Gasteiger partial charge in [0.15, 0.2) is 6.29 Å². The highest BCUT2D eigenvalue weighted by Gasteiger charge is 2.34. The van der Waals surface area contributed by atoms with Crippen molar-refractivity contribution in [2.45, 2.75) is 96.7 Å². The standard InChI is InChI=1S/C25H40N2O4/c1-7-29-17(2)30-21-14-10-19-11-15-22(26-23(19)16-21)18-8-12-20(13-9-18)27(6)24(28)31-25(3,4)5/h8-9,12,14,17,19-20,22-23,26H,7,10-11,13,15-16H2,1-6H3/t17?,19-,20+,22?,23-/m0/s1. The maximum atomic E-state index is 12.4. The second kappa shape index (κ2) is 10.2. The SMILES string of the molecule is CCOC(C)OC1=CC[C@H]2CCC(C3=CC[C@H](N(C)C(=O)OC(C)(C)C)C=C3)N[C@H]2C1. The van der Waals surface area contributed by atoms with Crippen LogP contribution in [0, 0.1) is 5.92 Å². The highest BCUT2D eigenvalue weighted by molar-refractivity contribution is 5.68. The highest BCUT2D eigenvalue weighted by Crippen LogP contribution is 2.35. The monoisotopic (exact) mass is 432 g/mol. The van der Waals surface area contributed by atoms with Crippen LogP contribution in [0.15, 0.2) is 35.6 Å². The number of hydrogen-bond acceptors (Lipinski definition) is 5. The molecule has 31 heavy (non-hydrogen) atoms. The van der Waals surface area contributed by atoms with E-state index in [4.69, 9.17) is 14.2 Å². The molecule has 1 N–H and O–H groups in total. The number of piperidine rings is 1. The lowest BCUT2D eigenvalue weighted by Gasteiger charge is -2.41. The summed E-state index contributed by atoms with van der Waals surface area (Å²) in [5.41, 5.74) is 0.845. The molecule has 0 bridgehead atoms. The molecule has 2 unspecified atom stereocenters. The summed E-state index contributed by atoms with van der Waals surface area (Å²) >= 11 is 0. The largest absolute Gasteiger partial charge is 0.470 e. The molecule has 0 aromatic carbocycles. The Morgan fingerprint density at radius 2 is 2.03 bits per heavy atom. The molecule has 0 aromatic rings. The molecule has 5 atom stereocenters. The van der Waals surface area contributed by atoms with Gasteiger partial charge in [-0.15, -0.1) is 0 Å². The summed E-state index contributed by atoms with van der Waals surface area (Å²) in [6, 6.07) is 0.825. The van der Waals surface area contributed by atoms with Gasteiger partial charge < -0.3 is 24.4 Å². The Hall–Kier alpha value is -1.79. The number of likely N-dealkylation sites (N-methyl/N-ethyl adjacent to an activating group) is 1. The van der Waals surface area contributed by atoms with Crippen LogP contribution < -0.4 is 5.32 Å². The van der Waals surface area contributed by atoms with Gasteiger partial charge in [0.05, 0.1) is 11.8 Å². The number of allylic oxidation sites excluding steroid dienone is 1. The Kier molecular flexibility index (Phi) is 7.87. The van der Waals surface area contributed by atoms with Crippen LogP contribution in [-0.4, -0.2) is 54.7 Å². The quantitative estimate of drug-likeness (QED) is 0.604. The predicted molar refractivity (Wildman–Crippen MR) is 123 cm³/mol. The van der Waals surface area contributed by atoms with E-state index >= 15 is 0 Å². The molecule has 0 radical (unpaired) electrons. The van der Waals surface area contributed by atoms with Crippen LogP contribution in [0.1, 0.15) is 66.7 Å². The van der Waals surface area contributed by atoms with Crippen molar-refractivity contribution in [1.82, 2.24) is 10.2 Å². The Balaban J connectivity index is 1.53. The molecule has 1 aliphatic heterocycles. The van der Waals surface area contributed by atoms with Gasteiger partial charge in [0.2, 0.25) is 0 Å². The lowest BCUT2D eigenvalue weighted by molar-refractivity contribution is -0.104. The van der Waals surface area contributed by atoms with Gasteiger partial charge in [0, 0.05) is 32.2 Å². The lowest BCUT2D eigenvalue weighted by Crippen LogP contribution is -2.50. The van der Waals surface area contributed by atoms with Crippen molar-refractivity contribution < 1.29 is 19.0 Å². The molecule has 3 rings (SSSR count). The van der Waals surface area contributed by atoms with Gasteiger partial charge in [-0.2, -0.15) is 0 Å². The van der Waals surface area contributed by atoms with Crippen molar-refractivity contribution in [2.24, 2.45) is 5.92 Å². The number of nitrogens with one attached hydrogen (secondary N) is 1. The van der Waals surface area contributed by atoms with Crippen LogP contribution in [0.3, 0.4) is 0 Å². The molecule has 1 heterocycles. The second-order valence-corrected chi connectivity index (χ2v) is 9.87. The van der Waals surface area contributed by atoms with Crippen LogP contribution in [0.2, 0.25) is 0 Å². The van der Waals surface area contributed by atoms with Crippen molar-refractivity contribution in [3.63, 3.8) is 0 Å². The minimum Gasteiger partial charge on any atom is -0.470 e. The number of carbonyl (C=O) groups excluding carboxylic acids is 1. The van der Waals surface area contributed by atoms with E-state index in [2.05, 4.69) is 29.6 Å². The first-order valence-corrected chi connectivity index (χ1v) is 11.7. The van der Waals surface area contributed by atoms with E-state index in [0.29, 0.717) is 24.6 Å². The number of fused-ring (bicyclic) bond motifs is 1. The first-order valence-electron chi connectivity index (χ1n) is 11.7. The molecule has 1 fully saturated rings. The molecule has 1 amide bonds. The van der Waals surface area contributed by atoms with Gasteiger partial charge in [-0.25, -0.2) is 4.79 Å². The van der Waals surface area contributed by atoms with E-state index in [-0.39, 0.29) is 18.4 Å². The zero-order valence-corrected chi connectivity index (χ0v) is 20.0. The summed E-state index contributed by atoms with van der Waals surface area (Å²) in [5.74, 6) is 1.72. The molecule has 0 saturated carbocycles. The van der Waals surface area contributed by atoms with Crippen LogP contribution in [-0.2, 0) is 14.2 Å². The third kappa shape index (κ3) is 6.59. The summed E-state index contributed by atoms with van der Waals surface area (Å²) in [7, 11) is 1.81. The van der Waals surface area contributed by atoms with Crippen LogP contribution >= 0.6 is 0 Å². The van der Waals surface area contributed by atoms with E-state index in [1.54, 1.807) is 4.90 Å². The average Bonchev–Trinajstić information content (AvgIpc) is 2.71. The van der Waals surface area contributed by atoms with E-state index in [1.807, 2.05) is 41.7 Å². The fraction of sp³-hybridized carbons (Fsp3) is 0.720. The third-order valence-electron chi connectivity index (χ3n) is 6.29. The summed E-state index contributed by atoms with van der Waals surface area (Å²) < 4.78 is 17.0. The fourth-order valence-electron chi connectivity index (χ4n) is 4.63. The molecule has 6 heteroatoms. The lowest BCUT2D eigenvalue weighted by atomic mass is 9.78. The summed E-state index contributed by atoms with van der Waals surface area (Å²) in [5, 5.41) is 3.87. The summed E-state index contributed by atoms with van der Waals surface area (Å²) in [6.07, 6.45) is 13.5. The van der Waals surface area contributed by atoms with Crippen molar-refractivity contribution >= 4 is 6.09 Å². The zero-order valence-electron chi connectivity index (χ0n) is 20.0. The van der Waals surface area contributed by atoms with Crippen molar-refractivity contribution in [2.75, 3.05) is 13.7 Å². The number of hydrogen-bond donors (Lipinski definition) is 1. The molecule has 0 aromatic heterocycles. The normalized spacial score (nSPS) is 29.4. The smallest absolute Gasteiger partial charge is 0.410 e. The van der Waals surface area contributed by atoms with Crippen molar-refractivity contribution in [1.29, 1.82) is 0 Å². The van der Waals surface area contributed by atoms with Gasteiger partial charge in [0.1, 0.15) is 5.60 Å². The van der Waals surface area contributed by atoms with E-state index < -0.39 is 5.60 Å². The molecule has 1 saturated heterocycles. The summed E-state index contributed by atoms with van der Waals surface area (Å²) in [6.45, 7) is 10.3. The maximum absolute atomic E-state index is 12.4. The van der Waals surface area contributed by atoms with Gasteiger partial charge in [-0.1, -0.05) is 18.2 Å². The highest BCUT2D eigenvalue weighted by atomic mass is 16.7. The molecule has 3 aliphatic rings. The van der Waals surface area contributed by atoms with E-state index in [9.17, 15) is 4.79 Å². The van der Waals surface area contributed by atoms with E-state index in [1.165, 1.54) is 12.0 Å². The fourth-order valence-corrected chi connectivity index (χ4v) is 4.63. The Bertz CT molecular complexity index is 722. The molecule has 2 aliphatic carbocycles. The van der Waals surface area contributed by atoms with Crippen LogP contribution in [0.5, 0.6) is 0 Å². The number of nitrogens with zero attached hydrogens (tertiary/aromatic N) is 1. The van der Waals surface area contributed by atoms with Gasteiger partial charge in [0.25, 0.3) is 0 Å². The van der Waals surface area contributed by atoms with Gasteiger partial charge in [-0.05, 0) is 77.9 Å². The predicted octanol–water partition coefficient (Wildman–Crippen LogP) is 4.92. The minimum absolute atomic E-state index is 0.0348. The number of amides is 1. The van der Waals surface area contributed by atoms with Crippen LogP contribution in [0.25, 0.3) is 0 Å². The topological polar surface area (TPSA) is 60.0 Å². The van der Waals surface area contributed by atoms with Crippen molar-refractivity contribution in [3.05, 3.63) is 35.6 Å². The van der Waals surface area contributed by atoms with Crippen molar-refractivity contribution in [3.8, 4) is 0 Å². The maximum Gasteiger partial charge on any atom is 0.410 e. The first-order chi connectivity index (χ1) is 14.7. The number of rotatable bonds is 6. The molecular formula is C25H40N2O4. The Morgan fingerprint density at radius 1 is 1.26 bits per heavy atom. The first kappa shape index (κ1) is 23.9. The van der Waals surface area contributed by atoms with E-state index in [0.717, 1.165) is 31.4 Å². The minimum atomic E-state index is -0.481. The number of carbonyl (C=O) groups is 1. The Labute approximate surface area is 187 Å².